The molecule has 2 N–H and O–H groups in total. The molecule has 1 aromatic carbocycles. The van der Waals surface area contributed by atoms with Crippen LogP contribution in [0.15, 0.2) is 24.3 Å². The van der Waals surface area contributed by atoms with Crippen LogP contribution in [0.1, 0.15) is 54.3 Å². The highest BCUT2D eigenvalue weighted by atomic mass is 32.1. The lowest BCUT2D eigenvalue weighted by molar-refractivity contribution is -0.119. The molecule has 0 aliphatic carbocycles. The molecule has 11 heteroatoms. The number of methoxy groups -OCH3 is 1. The first-order chi connectivity index (χ1) is 16.7. The number of aryl methyl sites for hydroxylation is 2. The third kappa shape index (κ3) is 5.75. The lowest BCUT2D eigenvalue weighted by Gasteiger charge is -2.07. The highest BCUT2D eigenvalue weighted by molar-refractivity contribution is 7.18. The van der Waals surface area contributed by atoms with E-state index in [4.69, 9.17) is 14.2 Å². The third-order valence-electron chi connectivity index (χ3n) is 5.11. The Hall–Kier alpha value is -3.99. The molecule has 184 valence electrons. The molecule has 0 unspecified atom stereocenters. The minimum Gasteiger partial charge on any atom is -0.465 e. The van der Waals surface area contributed by atoms with Gasteiger partial charge in [-0.15, -0.1) is 11.3 Å². The molecule has 3 aromatic rings. The quantitative estimate of drug-likeness (QED) is 0.353. The standard InChI is InChI=1S/C24H25N3O7S/c1-6-33-24(31)19-12(2)18(23(30)32-5)21(35-19)27-17(28)11-34-22(29)16-9-7-15(8-10-16)20-25-13(3)14(4)26-20/h7-10H,6,11H2,1-5H3,(H,25,26)(H,27,28). The molecule has 0 atom stereocenters. The van der Waals surface area contributed by atoms with E-state index in [1.165, 1.54) is 7.11 Å². The van der Waals surface area contributed by atoms with Crippen LogP contribution < -0.4 is 5.32 Å². The van der Waals surface area contributed by atoms with Crippen molar-refractivity contribution in [1.82, 2.24) is 9.97 Å². The summed E-state index contributed by atoms with van der Waals surface area (Å²) in [7, 11) is 1.19. The maximum absolute atomic E-state index is 12.4. The summed E-state index contributed by atoms with van der Waals surface area (Å²) in [5.41, 5.74) is 3.28. The number of H-pyrrole nitrogens is 1. The number of carbonyl (C=O) groups excluding carboxylic acids is 4. The molecule has 2 heterocycles. The van der Waals surface area contributed by atoms with Gasteiger partial charge in [-0.25, -0.2) is 19.4 Å². The van der Waals surface area contributed by atoms with Crippen LogP contribution in [0.25, 0.3) is 11.4 Å². The molecule has 10 nitrogen and oxygen atoms in total. The minimum absolute atomic E-state index is 0.0409. The average Bonchev–Trinajstić information content (AvgIpc) is 3.35. The maximum Gasteiger partial charge on any atom is 0.348 e. The molecule has 0 aliphatic rings. The fourth-order valence-electron chi connectivity index (χ4n) is 3.17. The zero-order valence-electron chi connectivity index (χ0n) is 19.9. The van der Waals surface area contributed by atoms with Gasteiger partial charge in [0, 0.05) is 11.3 Å². The number of hydrogen-bond donors (Lipinski definition) is 2. The molecule has 0 spiro atoms. The summed E-state index contributed by atoms with van der Waals surface area (Å²) >= 11 is 0.882. The van der Waals surface area contributed by atoms with Crippen LogP contribution in [-0.4, -0.2) is 54.1 Å². The Morgan fingerprint density at radius 3 is 2.26 bits per heavy atom. The van der Waals surface area contributed by atoms with Crippen molar-refractivity contribution >= 4 is 40.2 Å². The van der Waals surface area contributed by atoms with Crippen LogP contribution in [0.3, 0.4) is 0 Å². The monoisotopic (exact) mass is 499 g/mol. The number of imidazole rings is 1. The van der Waals surface area contributed by atoms with Crippen molar-refractivity contribution in [2.24, 2.45) is 0 Å². The van der Waals surface area contributed by atoms with Crippen LogP contribution in [0, 0.1) is 20.8 Å². The van der Waals surface area contributed by atoms with Crippen molar-refractivity contribution in [1.29, 1.82) is 0 Å². The van der Waals surface area contributed by atoms with E-state index >= 15 is 0 Å². The number of thiophene rings is 1. The van der Waals surface area contributed by atoms with Crippen LogP contribution in [0.4, 0.5) is 5.00 Å². The summed E-state index contributed by atoms with van der Waals surface area (Å²) in [4.78, 5) is 57.0. The molecule has 1 amide bonds. The number of rotatable bonds is 8. The highest BCUT2D eigenvalue weighted by Crippen LogP contribution is 2.34. The molecular weight excluding hydrogens is 474 g/mol. The van der Waals surface area contributed by atoms with Gasteiger partial charge in [-0.05, 0) is 45.4 Å². The Morgan fingerprint density at radius 1 is 1.00 bits per heavy atom. The molecule has 0 radical (unpaired) electrons. The lowest BCUT2D eigenvalue weighted by atomic mass is 10.1. The van der Waals surface area contributed by atoms with E-state index in [2.05, 4.69) is 15.3 Å². The minimum atomic E-state index is -0.719. The number of benzene rings is 1. The first-order valence-corrected chi connectivity index (χ1v) is 11.5. The van der Waals surface area contributed by atoms with Gasteiger partial charge in [0.25, 0.3) is 5.91 Å². The second-order valence-corrected chi connectivity index (χ2v) is 8.49. The number of hydrogen-bond acceptors (Lipinski definition) is 9. The number of nitrogens with zero attached hydrogens (tertiary/aromatic N) is 1. The summed E-state index contributed by atoms with van der Waals surface area (Å²) in [6.07, 6.45) is 0. The molecule has 0 saturated heterocycles. The normalized spacial score (nSPS) is 10.5. The number of ether oxygens (including phenoxy) is 3. The largest absolute Gasteiger partial charge is 0.465 e. The molecule has 0 saturated carbocycles. The molecule has 0 aliphatic heterocycles. The van der Waals surface area contributed by atoms with Crippen LogP contribution in [0.2, 0.25) is 0 Å². The van der Waals surface area contributed by atoms with Crippen LogP contribution in [0.5, 0.6) is 0 Å². The number of nitrogens with one attached hydrogen (secondary N) is 2. The van der Waals surface area contributed by atoms with Gasteiger partial charge in [0.1, 0.15) is 15.7 Å². The molecule has 2 aromatic heterocycles. The Kier molecular flexibility index (Phi) is 8.02. The third-order valence-corrected chi connectivity index (χ3v) is 6.29. The Bertz CT molecular complexity index is 1260. The van der Waals surface area contributed by atoms with Crippen molar-refractivity contribution in [2.75, 3.05) is 25.6 Å². The van der Waals surface area contributed by atoms with Crippen LogP contribution in [-0.2, 0) is 19.0 Å². The van der Waals surface area contributed by atoms with E-state index in [0.29, 0.717) is 11.4 Å². The van der Waals surface area contributed by atoms with E-state index < -0.39 is 30.4 Å². The fourth-order valence-corrected chi connectivity index (χ4v) is 4.27. The first kappa shape index (κ1) is 25.6. The van der Waals surface area contributed by atoms with Crippen LogP contribution >= 0.6 is 11.3 Å². The topological polar surface area (TPSA) is 137 Å². The number of anilines is 1. The molecule has 0 bridgehead atoms. The van der Waals surface area contributed by atoms with Crippen molar-refractivity contribution in [3.63, 3.8) is 0 Å². The Morgan fingerprint density at radius 2 is 1.69 bits per heavy atom. The summed E-state index contributed by atoms with van der Waals surface area (Å²) < 4.78 is 14.9. The van der Waals surface area contributed by atoms with Crippen molar-refractivity contribution in [3.8, 4) is 11.4 Å². The summed E-state index contributed by atoms with van der Waals surface area (Å²) in [5.74, 6) is -2.02. The highest BCUT2D eigenvalue weighted by Gasteiger charge is 2.27. The van der Waals surface area contributed by atoms with E-state index in [9.17, 15) is 19.2 Å². The SMILES string of the molecule is CCOC(=O)c1sc(NC(=O)COC(=O)c2ccc(-c3nc(C)c(C)[nH]3)cc2)c(C(=O)OC)c1C. The average molecular weight is 500 g/mol. The molecule has 35 heavy (non-hydrogen) atoms. The summed E-state index contributed by atoms with van der Waals surface area (Å²) in [5, 5.41) is 2.61. The van der Waals surface area contributed by atoms with Crippen molar-refractivity contribution < 1.29 is 33.4 Å². The lowest BCUT2D eigenvalue weighted by Crippen LogP contribution is -2.21. The zero-order chi connectivity index (χ0) is 25.7. The molecule has 0 fully saturated rings. The number of aromatic amines is 1. The van der Waals surface area contributed by atoms with E-state index in [0.717, 1.165) is 28.3 Å². The predicted octanol–water partition coefficient (Wildman–Crippen LogP) is 3.82. The second kappa shape index (κ2) is 11.0. The van der Waals surface area contributed by atoms with Gasteiger partial charge in [0.15, 0.2) is 6.61 Å². The number of amides is 1. The Balaban J connectivity index is 1.66. The molecular formula is C24H25N3O7S. The zero-order valence-corrected chi connectivity index (χ0v) is 20.8. The van der Waals surface area contributed by atoms with E-state index in [1.54, 1.807) is 38.1 Å². The summed E-state index contributed by atoms with van der Waals surface area (Å²) in [6, 6.07) is 6.60. The fraction of sp³-hybridized carbons (Fsp3) is 0.292. The number of aromatic nitrogens is 2. The number of esters is 3. The van der Waals surface area contributed by atoms with Gasteiger partial charge in [0.2, 0.25) is 0 Å². The van der Waals surface area contributed by atoms with Crippen molar-refractivity contribution in [3.05, 3.63) is 57.2 Å². The van der Waals surface area contributed by atoms with Gasteiger partial charge < -0.3 is 24.5 Å². The van der Waals surface area contributed by atoms with Crippen molar-refractivity contribution in [2.45, 2.75) is 27.7 Å². The molecule has 3 rings (SSSR count). The van der Waals surface area contributed by atoms with E-state index in [-0.39, 0.29) is 27.6 Å². The number of carbonyl (C=O) groups is 4. The van der Waals surface area contributed by atoms with Gasteiger partial charge in [-0.3, -0.25) is 4.79 Å². The predicted molar refractivity (Wildman–Crippen MR) is 129 cm³/mol. The summed E-state index contributed by atoms with van der Waals surface area (Å²) in [6.45, 7) is 6.60. The van der Waals surface area contributed by atoms with Gasteiger partial charge in [-0.1, -0.05) is 12.1 Å². The Labute approximate surface area is 205 Å². The van der Waals surface area contributed by atoms with E-state index in [1.807, 2.05) is 13.8 Å². The van der Waals surface area contributed by atoms with Gasteiger partial charge in [0.05, 0.1) is 30.5 Å². The maximum atomic E-state index is 12.4. The van der Waals surface area contributed by atoms with Gasteiger partial charge in [-0.2, -0.15) is 0 Å². The second-order valence-electron chi connectivity index (χ2n) is 7.47. The first-order valence-electron chi connectivity index (χ1n) is 10.7. The van der Waals surface area contributed by atoms with Gasteiger partial charge >= 0.3 is 17.9 Å². The smallest absolute Gasteiger partial charge is 0.348 e.